The molecule has 2 aromatic carbocycles. The number of hydrogen-bond donors (Lipinski definition) is 5. The first kappa shape index (κ1) is 25.2. The van der Waals surface area contributed by atoms with E-state index in [1.54, 1.807) is 37.2 Å². The molecule has 0 bridgehead atoms. The number of primary amides is 1. The Balaban J connectivity index is 1.66. The lowest BCUT2D eigenvalue weighted by molar-refractivity contribution is -0.127. The van der Waals surface area contributed by atoms with E-state index < -0.39 is 64.3 Å². The average Bonchev–Trinajstić information content (AvgIpc) is 2.83. The second kappa shape index (κ2) is 8.84. The van der Waals surface area contributed by atoms with Crippen molar-refractivity contribution in [2.24, 2.45) is 23.5 Å². The fraction of sp³-hybridized carbons (Fsp3) is 0.286. The van der Waals surface area contributed by atoms with E-state index in [2.05, 4.69) is 0 Å². The molecule has 10 nitrogen and oxygen atoms in total. The van der Waals surface area contributed by atoms with E-state index in [1.165, 1.54) is 18.2 Å². The molecular weight excluding hydrogens is 492 g/mol. The lowest BCUT2D eigenvalue weighted by Gasteiger charge is -2.46. The lowest BCUT2D eigenvalue weighted by Crippen LogP contribution is -2.53. The number of nitrogens with zero attached hydrogens (tertiary/aromatic N) is 1. The summed E-state index contributed by atoms with van der Waals surface area (Å²) in [6.07, 6.45) is 0.489. The summed E-state index contributed by atoms with van der Waals surface area (Å²) in [5, 5.41) is 42.1. The second-order valence-electron chi connectivity index (χ2n) is 10.2. The number of hydrogen-bond acceptors (Lipinski definition) is 8. The van der Waals surface area contributed by atoms with Gasteiger partial charge in [0.15, 0.2) is 11.6 Å². The van der Waals surface area contributed by atoms with E-state index in [0.29, 0.717) is 16.7 Å². The Morgan fingerprint density at radius 2 is 1.63 bits per heavy atom. The van der Waals surface area contributed by atoms with Crippen LogP contribution in [-0.4, -0.2) is 68.9 Å². The molecule has 1 amide bonds. The minimum atomic E-state index is -1.24. The van der Waals surface area contributed by atoms with Crippen LogP contribution >= 0.6 is 0 Å². The number of phenolic OH excluding ortho intramolecular Hbond substituents is 1. The molecule has 0 saturated heterocycles. The van der Waals surface area contributed by atoms with Gasteiger partial charge in [0, 0.05) is 5.57 Å². The smallest absolute Gasteiger partial charge is 0.335 e. The molecule has 6 N–H and O–H groups in total. The first-order chi connectivity index (χ1) is 17.9. The van der Waals surface area contributed by atoms with Crippen LogP contribution < -0.4 is 5.73 Å². The van der Waals surface area contributed by atoms with Crippen LogP contribution in [0.3, 0.4) is 0 Å². The zero-order chi connectivity index (χ0) is 27.6. The van der Waals surface area contributed by atoms with Crippen molar-refractivity contribution in [3.05, 3.63) is 75.8 Å². The zero-order valence-electron chi connectivity index (χ0n) is 20.6. The Morgan fingerprint density at radius 1 is 0.974 bits per heavy atom. The molecule has 0 aliphatic heterocycles. The van der Waals surface area contributed by atoms with Crippen molar-refractivity contribution in [3.63, 3.8) is 0 Å². The first-order valence-electron chi connectivity index (χ1n) is 12.0. The molecule has 0 fully saturated rings. The van der Waals surface area contributed by atoms with Gasteiger partial charge >= 0.3 is 5.97 Å². The van der Waals surface area contributed by atoms with Gasteiger partial charge in [-0.15, -0.1) is 0 Å². The molecule has 5 rings (SSSR count). The number of aliphatic hydroxyl groups excluding tert-OH is 2. The van der Waals surface area contributed by atoms with Crippen LogP contribution in [-0.2, 0) is 16.0 Å². The number of fused-ring (bicyclic) bond motifs is 3. The zero-order valence-corrected chi connectivity index (χ0v) is 20.6. The number of aromatic carboxylic acids is 1. The van der Waals surface area contributed by atoms with Crippen molar-refractivity contribution < 1.29 is 39.6 Å². The van der Waals surface area contributed by atoms with Gasteiger partial charge in [0.25, 0.3) is 5.91 Å². The summed E-state index contributed by atoms with van der Waals surface area (Å²) in [4.78, 5) is 52.0. The van der Waals surface area contributed by atoms with Gasteiger partial charge in [0.1, 0.15) is 22.8 Å². The summed E-state index contributed by atoms with van der Waals surface area (Å²) >= 11 is 0. The summed E-state index contributed by atoms with van der Waals surface area (Å²) in [7, 11) is 3.34. The highest BCUT2D eigenvalue weighted by atomic mass is 16.4. The number of Topliss-reactive ketones (excluding diaryl/α,β-unsaturated/α-hetero) is 2. The van der Waals surface area contributed by atoms with Crippen LogP contribution in [0.4, 0.5) is 0 Å². The van der Waals surface area contributed by atoms with Gasteiger partial charge < -0.3 is 26.2 Å². The van der Waals surface area contributed by atoms with Crippen LogP contribution in [0.25, 0.3) is 11.1 Å². The maximum atomic E-state index is 13.8. The summed E-state index contributed by atoms with van der Waals surface area (Å²) < 4.78 is 0. The van der Waals surface area contributed by atoms with Crippen LogP contribution in [0.1, 0.15) is 32.7 Å². The number of nitrogens with two attached hydrogens (primary N) is 1. The summed E-state index contributed by atoms with van der Waals surface area (Å²) in [5.74, 6) is -7.28. The second-order valence-corrected chi connectivity index (χ2v) is 10.2. The Morgan fingerprint density at radius 3 is 2.21 bits per heavy atom. The lowest BCUT2D eigenvalue weighted by atomic mass is 9.60. The number of carbonyl (C=O) groups is 4. The number of aromatic hydroxyl groups is 1. The fourth-order valence-corrected chi connectivity index (χ4v) is 6.33. The number of phenols is 1. The van der Waals surface area contributed by atoms with Crippen LogP contribution in [0.2, 0.25) is 0 Å². The van der Waals surface area contributed by atoms with E-state index in [-0.39, 0.29) is 35.3 Å². The molecular formula is C28H26N2O8. The minimum absolute atomic E-state index is 0.00185. The molecule has 38 heavy (non-hydrogen) atoms. The van der Waals surface area contributed by atoms with Crippen molar-refractivity contribution >= 4 is 23.4 Å². The minimum Gasteiger partial charge on any atom is -0.511 e. The molecule has 4 atom stereocenters. The van der Waals surface area contributed by atoms with Gasteiger partial charge in [-0.2, -0.15) is 0 Å². The van der Waals surface area contributed by atoms with Crippen molar-refractivity contribution in [3.8, 4) is 16.9 Å². The van der Waals surface area contributed by atoms with Crippen molar-refractivity contribution in [1.29, 1.82) is 0 Å². The maximum Gasteiger partial charge on any atom is 0.335 e. The number of aliphatic hydroxyl groups is 2. The highest BCUT2D eigenvalue weighted by Gasteiger charge is 2.54. The molecule has 3 aliphatic carbocycles. The maximum absolute atomic E-state index is 13.8. The van der Waals surface area contributed by atoms with Gasteiger partial charge in [-0.3, -0.25) is 19.3 Å². The molecule has 10 heteroatoms. The monoisotopic (exact) mass is 518 g/mol. The number of benzene rings is 2. The van der Waals surface area contributed by atoms with Gasteiger partial charge in [-0.25, -0.2) is 4.79 Å². The number of likely N-dealkylation sites (N-methyl/N-ethyl adjacent to an activating group) is 1. The number of ketones is 2. The Bertz CT molecular complexity index is 1480. The van der Waals surface area contributed by atoms with Crippen molar-refractivity contribution in [2.45, 2.75) is 18.9 Å². The average molecular weight is 519 g/mol. The van der Waals surface area contributed by atoms with Gasteiger partial charge in [0.05, 0.1) is 23.1 Å². The third kappa shape index (κ3) is 3.59. The Labute approximate surface area is 217 Å². The highest BCUT2D eigenvalue weighted by molar-refractivity contribution is 6.22. The standard InChI is InChI=1S/C28H26N2O8/c1-30(2)22-16-10-13-9-15-14(11-3-5-12(6-4-11)28(37)38)7-8-17(31)19(15)23(32)18(13)24(33)20(16)25(34)21(26(22)35)27(29)36/h3-8,13,16,20,22,31,33,35H,9-10H2,1-2H3,(H2,29,36)(H,37,38)/t13-,16+,20?,22-/m0/s1. The number of carboxylic acid groups (broad SMARTS) is 1. The van der Waals surface area contributed by atoms with E-state index >= 15 is 0 Å². The number of rotatable bonds is 4. The highest BCUT2D eigenvalue weighted by Crippen LogP contribution is 2.51. The van der Waals surface area contributed by atoms with Crippen LogP contribution in [0.5, 0.6) is 5.75 Å². The number of carbonyl (C=O) groups excluding carboxylic acids is 3. The number of carboxylic acids is 1. The van der Waals surface area contributed by atoms with Crippen molar-refractivity contribution in [1.82, 2.24) is 4.90 Å². The third-order valence-electron chi connectivity index (χ3n) is 7.89. The molecule has 0 radical (unpaired) electrons. The Kier molecular flexibility index (Phi) is 5.87. The van der Waals surface area contributed by atoms with Crippen LogP contribution in [0.15, 0.2) is 59.1 Å². The summed E-state index contributed by atoms with van der Waals surface area (Å²) in [6.45, 7) is 0. The van der Waals surface area contributed by atoms with E-state index in [1.807, 2.05) is 0 Å². The first-order valence-corrected chi connectivity index (χ1v) is 12.0. The summed E-state index contributed by atoms with van der Waals surface area (Å²) in [5.41, 5.74) is 6.73. The molecule has 2 aromatic rings. The molecule has 0 saturated carbocycles. The van der Waals surface area contributed by atoms with Crippen LogP contribution in [0, 0.1) is 17.8 Å². The molecule has 0 heterocycles. The predicted molar refractivity (Wildman–Crippen MR) is 135 cm³/mol. The largest absolute Gasteiger partial charge is 0.511 e. The van der Waals surface area contributed by atoms with E-state index in [4.69, 9.17) is 5.73 Å². The fourth-order valence-electron chi connectivity index (χ4n) is 6.33. The van der Waals surface area contributed by atoms with Gasteiger partial charge in [-0.1, -0.05) is 18.2 Å². The number of allylic oxidation sites excluding steroid dienone is 2. The molecule has 3 aliphatic rings. The van der Waals surface area contributed by atoms with Crippen molar-refractivity contribution in [2.75, 3.05) is 14.1 Å². The molecule has 0 aromatic heterocycles. The predicted octanol–water partition coefficient (Wildman–Crippen LogP) is 2.37. The molecule has 1 unspecified atom stereocenters. The van der Waals surface area contributed by atoms with E-state index in [9.17, 15) is 39.6 Å². The normalized spacial score (nSPS) is 24.7. The summed E-state index contributed by atoms with van der Waals surface area (Å²) in [6, 6.07) is 8.35. The molecule has 196 valence electrons. The van der Waals surface area contributed by atoms with E-state index in [0.717, 1.165) is 0 Å². The number of amides is 1. The quantitative estimate of drug-likeness (QED) is 0.380. The SMILES string of the molecule is CN(C)[C@@H]1C(O)=C(C(N)=O)C(=O)C2C(O)=C3C(=O)c4c(O)ccc(-c5ccc(C(=O)O)cc5)c4C[C@H]3C[C@H]21. The van der Waals surface area contributed by atoms with Gasteiger partial charge in [-0.05, 0) is 73.7 Å². The van der Waals surface area contributed by atoms with Gasteiger partial charge in [0.2, 0.25) is 0 Å². The Hall–Kier alpha value is -4.44. The third-order valence-corrected chi connectivity index (χ3v) is 7.89. The topological polar surface area (TPSA) is 178 Å². The molecule has 0 spiro atoms.